The van der Waals surface area contributed by atoms with Gasteiger partial charge in [0.25, 0.3) is 23.6 Å². The van der Waals surface area contributed by atoms with Crippen molar-refractivity contribution in [2.45, 2.75) is 48.6 Å². The summed E-state index contributed by atoms with van der Waals surface area (Å²) in [5.74, 6) is -4.80. The van der Waals surface area contributed by atoms with Crippen LogP contribution in [0.5, 0.6) is 0 Å². The zero-order valence-corrected chi connectivity index (χ0v) is 33.1. The molecule has 6 amide bonds. The van der Waals surface area contributed by atoms with E-state index in [1.54, 1.807) is 48.5 Å². The zero-order chi connectivity index (χ0) is 42.4. The van der Waals surface area contributed by atoms with Crippen LogP contribution in [0.2, 0.25) is 10.0 Å². The van der Waals surface area contributed by atoms with E-state index in [2.05, 4.69) is 41.3 Å². The number of nitrogens with zero attached hydrogens (tertiary/aromatic N) is 8. The number of anilines is 2. The van der Waals surface area contributed by atoms with Crippen LogP contribution in [0, 0.1) is 0 Å². The fraction of sp³-hybridized carbons (Fsp3) is 0.158. The van der Waals surface area contributed by atoms with Crippen molar-refractivity contribution in [2.24, 2.45) is 30.7 Å². The Bertz CT molecular complexity index is 2440. The molecule has 0 spiro atoms. The maximum Gasteiger partial charge on any atom is 0.282 e. The molecule has 4 aromatic rings. The van der Waals surface area contributed by atoms with Crippen molar-refractivity contribution in [3.63, 3.8) is 0 Å². The predicted octanol–water partition coefficient (Wildman–Crippen LogP) is 6.28. The molecule has 0 saturated heterocycles. The lowest BCUT2D eigenvalue weighted by Crippen LogP contribution is -2.36. The van der Waals surface area contributed by atoms with Crippen molar-refractivity contribution in [1.82, 2.24) is 10.0 Å². The lowest BCUT2D eigenvalue weighted by atomic mass is 10.2. The van der Waals surface area contributed by atoms with Gasteiger partial charge in [0, 0.05) is 0 Å². The van der Waals surface area contributed by atoms with Gasteiger partial charge in [-0.2, -0.15) is 40.7 Å². The second-order valence-electron chi connectivity index (χ2n) is 12.7. The second kappa shape index (κ2) is 17.8. The lowest BCUT2D eigenvalue weighted by molar-refractivity contribution is -0.146. The molecule has 0 aliphatic carbocycles. The van der Waals surface area contributed by atoms with Crippen LogP contribution in [-0.2, 0) is 38.6 Å². The van der Waals surface area contributed by atoms with Gasteiger partial charge in [0.2, 0.25) is 21.7 Å². The van der Waals surface area contributed by atoms with Gasteiger partial charge < -0.3 is 10.6 Å². The number of hydrogen-bond acceptors (Lipinski definition) is 14. The van der Waals surface area contributed by atoms with E-state index in [-0.39, 0.29) is 42.6 Å². The predicted molar refractivity (Wildman–Crippen MR) is 214 cm³/mol. The largest absolute Gasteiger partial charge is 0.324 e. The average Bonchev–Trinajstić information content (AvgIpc) is 3.66. The summed E-state index contributed by atoms with van der Waals surface area (Å²) in [6.45, 7) is 2.94. The number of rotatable bonds is 12. The van der Waals surface area contributed by atoms with E-state index in [4.69, 9.17) is 23.2 Å². The summed E-state index contributed by atoms with van der Waals surface area (Å²) in [5.41, 5.74) is 1.31. The smallest absolute Gasteiger partial charge is 0.282 e. The monoisotopic (exact) mass is 856 g/mol. The van der Waals surface area contributed by atoms with Crippen molar-refractivity contribution < 1.29 is 37.2 Å². The molecule has 2 unspecified atom stereocenters. The Morgan fingerprint density at radius 1 is 0.610 bits per heavy atom. The Kier molecular flexibility index (Phi) is 12.6. The molecule has 6 rings (SSSR count). The van der Waals surface area contributed by atoms with Crippen molar-refractivity contribution in [2.75, 3.05) is 10.6 Å². The average molecular weight is 858 g/mol. The van der Waals surface area contributed by atoms with Gasteiger partial charge in [-0.05, 0) is 86.6 Å². The number of amides is 6. The van der Waals surface area contributed by atoms with E-state index in [1.165, 1.54) is 62.4 Å². The van der Waals surface area contributed by atoms with Crippen LogP contribution in [0.25, 0.3) is 0 Å². The minimum Gasteiger partial charge on any atom is -0.324 e. The number of hydrogen-bond donors (Lipinski definition) is 2. The van der Waals surface area contributed by atoms with Crippen molar-refractivity contribution in [3.05, 3.63) is 107 Å². The number of azo groups is 2. The Hall–Kier alpha value is -6.83. The van der Waals surface area contributed by atoms with E-state index >= 15 is 0 Å². The fourth-order valence-corrected chi connectivity index (χ4v) is 7.07. The summed E-state index contributed by atoms with van der Waals surface area (Å²) in [6, 6.07) is 21.1. The topological polar surface area (TPSA) is 241 Å². The Balaban J connectivity index is 1.02. The lowest BCUT2D eigenvalue weighted by Gasteiger charge is -2.11. The summed E-state index contributed by atoms with van der Waals surface area (Å²) < 4.78 is 26.8. The minimum absolute atomic E-state index is 0.0824. The first-order valence-electron chi connectivity index (χ1n) is 17.3. The molecular weight excluding hydrogens is 827 g/mol. The maximum atomic E-state index is 13.4. The van der Waals surface area contributed by atoms with Crippen LogP contribution in [0.4, 0.5) is 22.7 Å². The first kappa shape index (κ1) is 41.8. The number of carbonyl (C=O) groups is 6. The van der Waals surface area contributed by atoms with Crippen molar-refractivity contribution in [3.8, 4) is 0 Å². The summed E-state index contributed by atoms with van der Waals surface area (Å²) in [6.07, 6.45) is -1.37. The van der Waals surface area contributed by atoms with Crippen molar-refractivity contribution in [1.29, 1.82) is 0 Å². The highest BCUT2D eigenvalue weighted by atomic mass is 35.5. The number of imide groups is 2. The molecule has 0 fully saturated rings. The number of nitrogens with one attached hydrogen (secondary N) is 2. The van der Waals surface area contributed by atoms with Gasteiger partial charge in [0.05, 0.1) is 54.0 Å². The molecule has 21 heteroatoms. The molecule has 2 atom stereocenters. The zero-order valence-electron chi connectivity index (χ0n) is 30.8. The van der Waals surface area contributed by atoms with Crippen LogP contribution >= 0.6 is 23.2 Å². The highest BCUT2D eigenvalue weighted by Crippen LogP contribution is 2.28. The molecular formula is C38H30Cl2N10O8S. The normalized spacial score (nSPS) is 16.7. The third-order valence-corrected chi connectivity index (χ3v) is 10.9. The molecule has 59 heavy (non-hydrogen) atoms. The van der Waals surface area contributed by atoms with Gasteiger partial charge in [0.1, 0.15) is 12.8 Å². The van der Waals surface area contributed by atoms with E-state index in [9.17, 15) is 37.2 Å². The van der Waals surface area contributed by atoms with Crippen LogP contribution in [0.1, 0.15) is 26.7 Å². The van der Waals surface area contributed by atoms with Gasteiger partial charge in [0.15, 0.2) is 12.1 Å². The molecule has 0 bridgehead atoms. The fourth-order valence-electron chi connectivity index (χ4n) is 5.44. The molecule has 0 radical (unpaired) electrons. The number of para-hydroxylation sites is 2. The Morgan fingerprint density at radius 2 is 0.966 bits per heavy atom. The summed E-state index contributed by atoms with van der Waals surface area (Å²) >= 11 is 12.1. The third-order valence-electron chi connectivity index (χ3n) is 8.46. The molecule has 0 aromatic heterocycles. The quantitative estimate of drug-likeness (QED) is 0.121. The van der Waals surface area contributed by atoms with Gasteiger partial charge in [-0.1, -0.05) is 47.5 Å². The molecule has 2 aliphatic rings. The van der Waals surface area contributed by atoms with E-state index in [1.807, 2.05) is 0 Å². The second-order valence-corrected chi connectivity index (χ2v) is 15.5. The summed E-state index contributed by atoms with van der Waals surface area (Å²) in [7, 11) is -4.03. The molecule has 300 valence electrons. The number of hydrazone groups is 2. The van der Waals surface area contributed by atoms with Crippen LogP contribution in [0.15, 0.2) is 138 Å². The Morgan fingerprint density at radius 3 is 1.32 bits per heavy atom. The molecule has 2 heterocycles. The first-order chi connectivity index (χ1) is 28.1. The maximum absolute atomic E-state index is 13.4. The van der Waals surface area contributed by atoms with Gasteiger partial charge in [-0.25, -0.2) is 8.42 Å². The van der Waals surface area contributed by atoms with Crippen molar-refractivity contribution >= 4 is 103 Å². The van der Waals surface area contributed by atoms with Crippen LogP contribution in [0.3, 0.4) is 0 Å². The van der Waals surface area contributed by atoms with Gasteiger partial charge >= 0.3 is 0 Å². The standard InChI is InChI=1S/C38H30Cl2N10O8S/c1-21-35(37(55)49(47-21)33(53)19-31(51)41-29-9-5-3-7-27(29)39)45-43-23-11-15-25(16-12-23)59(57,58)26-17-13-24(14-18-26)44-46-36-22(2)48-50(38(36)56)34(54)20-32(52)42-30-10-6-4-8-28(30)40/h3-18,35-36H,19-20H2,1-2H3,(H,41,51)(H,42,52). The number of benzene rings is 4. The van der Waals surface area contributed by atoms with Gasteiger partial charge in [-0.3, -0.25) is 28.8 Å². The van der Waals surface area contributed by atoms with Crippen LogP contribution in [-0.4, -0.2) is 77.4 Å². The highest BCUT2D eigenvalue weighted by Gasteiger charge is 2.39. The van der Waals surface area contributed by atoms with E-state index in [0.29, 0.717) is 21.4 Å². The molecule has 2 aliphatic heterocycles. The Labute approximate surface area is 345 Å². The van der Waals surface area contributed by atoms with E-state index < -0.39 is 70.2 Å². The van der Waals surface area contributed by atoms with E-state index in [0.717, 1.165) is 0 Å². The molecule has 4 aromatic carbocycles. The number of sulfone groups is 1. The molecule has 0 saturated carbocycles. The summed E-state index contributed by atoms with van der Waals surface area (Å²) in [4.78, 5) is 75.9. The van der Waals surface area contributed by atoms with Gasteiger partial charge in [-0.15, -0.1) is 0 Å². The third kappa shape index (κ3) is 9.66. The number of halogens is 2. The minimum atomic E-state index is -4.03. The molecule has 2 N–H and O–H groups in total. The highest BCUT2D eigenvalue weighted by molar-refractivity contribution is 7.91. The SMILES string of the molecule is CC1=NN(C(=O)CC(=O)Nc2ccccc2Cl)C(=O)C1N=Nc1ccc(S(=O)(=O)c2ccc(N=NC3C(=O)N(C(=O)CC(=O)Nc4ccccc4Cl)N=C3C)cc2)cc1. The number of carbonyl (C=O) groups excluding carboxylic acids is 6. The first-order valence-corrected chi connectivity index (χ1v) is 19.6. The summed E-state index contributed by atoms with van der Waals surface area (Å²) in [5, 5.41) is 30.6. The molecule has 18 nitrogen and oxygen atoms in total. The van der Waals surface area contributed by atoms with Crippen LogP contribution < -0.4 is 10.6 Å².